The minimum atomic E-state index is -0.0940. The topological polar surface area (TPSA) is 98.9 Å². The molecule has 0 aromatic heterocycles. The van der Waals surface area contributed by atoms with Crippen LogP contribution in [-0.4, -0.2) is 43.4 Å². The Morgan fingerprint density at radius 1 is 0.826 bits per heavy atom. The zero-order valence-corrected chi connectivity index (χ0v) is 15.4. The molecule has 0 heterocycles. The van der Waals surface area contributed by atoms with Crippen LogP contribution >= 0.6 is 0 Å². The smallest absolute Gasteiger partial charge is 0.305 e. The molecule has 0 amide bonds. The molecule has 23 heavy (non-hydrogen) atoms. The first-order valence-corrected chi connectivity index (χ1v) is 8.65. The molecule has 0 unspecified atom stereocenters. The zero-order chi connectivity index (χ0) is 18.3. The van der Waals surface area contributed by atoms with Gasteiger partial charge in [-0.3, -0.25) is 9.59 Å². The van der Waals surface area contributed by atoms with E-state index >= 15 is 0 Å². The van der Waals surface area contributed by atoms with Crippen molar-refractivity contribution in [2.75, 3.05) is 26.4 Å². The summed E-state index contributed by atoms with van der Waals surface area (Å²) in [6, 6.07) is 0. The predicted octanol–water partition coefficient (Wildman–Crippen LogP) is 2.81. The molecule has 0 bridgehead atoms. The van der Waals surface area contributed by atoms with Gasteiger partial charge in [-0.2, -0.15) is 0 Å². The van der Waals surface area contributed by atoms with Crippen LogP contribution in [0, 0.1) is 0 Å². The van der Waals surface area contributed by atoms with Crippen LogP contribution in [0.3, 0.4) is 0 Å². The minimum Gasteiger partial charge on any atom is -0.466 e. The van der Waals surface area contributed by atoms with Gasteiger partial charge in [-0.25, -0.2) is 0 Å². The van der Waals surface area contributed by atoms with Crippen LogP contribution in [0.25, 0.3) is 0 Å². The van der Waals surface area contributed by atoms with Crippen molar-refractivity contribution in [3.63, 3.8) is 0 Å². The Hall–Kier alpha value is -1.14. The Morgan fingerprint density at radius 2 is 1.22 bits per heavy atom. The predicted molar refractivity (Wildman–Crippen MR) is 93.1 cm³/mol. The average Bonchev–Trinajstić information content (AvgIpc) is 2.57. The molecule has 0 rings (SSSR count). The Kier molecular flexibility index (Phi) is 30.0. The molecular weight excluding hydrogens is 298 g/mol. The Balaban J connectivity index is -0.000000273. The largest absolute Gasteiger partial charge is 0.466 e. The fourth-order valence-electron chi connectivity index (χ4n) is 0.956. The van der Waals surface area contributed by atoms with Gasteiger partial charge in [0.15, 0.2) is 0 Å². The second kappa shape index (κ2) is 25.8. The van der Waals surface area contributed by atoms with Crippen molar-refractivity contribution in [1.29, 1.82) is 0 Å². The molecule has 6 nitrogen and oxygen atoms in total. The molecule has 0 atom stereocenters. The highest BCUT2D eigenvalue weighted by Crippen LogP contribution is 1.90. The summed E-state index contributed by atoms with van der Waals surface area (Å²) in [6.45, 7) is 9.72. The number of carbonyl (C=O) groups is 2. The maximum absolute atomic E-state index is 10.5. The van der Waals surface area contributed by atoms with Crippen molar-refractivity contribution >= 4 is 11.9 Å². The SMILES string of the molecule is CCCCOC(=O)CC.CCCCOC(=O)CC.NCCCO. The molecule has 3 N–H and O–H groups in total. The van der Waals surface area contributed by atoms with Crippen LogP contribution in [0.4, 0.5) is 0 Å². The summed E-state index contributed by atoms with van der Waals surface area (Å²) in [5, 5.41) is 7.99. The number of ether oxygens (including phenoxy) is 2. The van der Waals surface area contributed by atoms with E-state index in [2.05, 4.69) is 13.8 Å². The van der Waals surface area contributed by atoms with Gasteiger partial charge < -0.3 is 20.3 Å². The molecule has 0 saturated heterocycles. The summed E-state index contributed by atoms with van der Waals surface area (Å²) >= 11 is 0. The highest BCUT2D eigenvalue weighted by Gasteiger charge is 1.95. The van der Waals surface area contributed by atoms with Crippen molar-refractivity contribution in [3.05, 3.63) is 0 Å². The number of esters is 2. The van der Waals surface area contributed by atoms with Crippen LogP contribution in [0.1, 0.15) is 72.6 Å². The minimum absolute atomic E-state index is 0.0940. The van der Waals surface area contributed by atoms with E-state index in [1.54, 1.807) is 13.8 Å². The van der Waals surface area contributed by atoms with E-state index in [1.807, 2.05) is 0 Å². The lowest BCUT2D eigenvalue weighted by atomic mass is 10.4. The second-order valence-electron chi connectivity index (χ2n) is 4.72. The van der Waals surface area contributed by atoms with Crippen molar-refractivity contribution in [2.24, 2.45) is 5.73 Å². The van der Waals surface area contributed by atoms with Crippen molar-refractivity contribution in [1.82, 2.24) is 0 Å². The van der Waals surface area contributed by atoms with E-state index in [1.165, 1.54) is 0 Å². The standard InChI is InChI=1S/2C7H14O2.C3H9NO/c2*1-3-5-6-9-7(8)4-2;4-2-1-3-5/h2*3-6H2,1-2H3;5H,1-4H2. The summed E-state index contributed by atoms with van der Waals surface area (Å²) in [4.78, 5) is 20.9. The number of hydrogen-bond acceptors (Lipinski definition) is 6. The highest BCUT2D eigenvalue weighted by atomic mass is 16.5. The van der Waals surface area contributed by atoms with Gasteiger partial charge >= 0.3 is 11.9 Å². The number of carbonyl (C=O) groups excluding carboxylic acids is 2. The van der Waals surface area contributed by atoms with E-state index in [4.69, 9.17) is 20.3 Å². The van der Waals surface area contributed by atoms with Gasteiger partial charge in [0.1, 0.15) is 0 Å². The summed E-state index contributed by atoms with van der Waals surface area (Å²) < 4.78 is 9.59. The third-order valence-electron chi connectivity index (χ3n) is 2.46. The number of hydrogen-bond donors (Lipinski definition) is 2. The summed E-state index contributed by atoms with van der Waals surface area (Å²) in [5.74, 6) is -0.188. The van der Waals surface area contributed by atoms with Gasteiger partial charge in [0.05, 0.1) is 13.2 Å². The molecule has 0 aliphatic heterocycles. The first kappa shape index (κ1) is 26.7. The van der Waals surface area contributed by atoms with E-state index < -0.39 is 0 Å². The molecule has 0 saturated carbocycles. The molecule has 0 fully saturated rings. The lowest BCUT2D eigenvalue weighted by Crippen LogP contribution is -2.02. The molecular formula is C17H37NO5. The van der Waals surface area contributed by atoms with Gasteiger partial charge in [-0.15, -0.1) is 0 Å². The molecule has 0 spiro atoms. The van der Waals surface area contributed by atoms with Crippen LogP contribution in [-0.2, 0) is 19.1 Å². The van der Waals surface area contributed by atoms with Crippen molar-refractivity contribution < 1.29 is 24.2 Å². The lowest BCUT2D eigenvalue weighted by Gasteiger charge is -1.99. The molecule has 0 aliphatic rings. The van der Waals surface area contributed by atoms with E-state index in [9.17, 15) is 9.59 Å². The average molecular weight is 335 g/mol. The van der Waals surface area contributed by atoms with Gasteiger partial charge in [-0.1, -0.05) is 40.5 Å². The lowest BCUT2D eigenvalue weighted by molar-refractivity contribution is -0.144. The molecule has 0 aliphatic carbocycles. The normalized spacial score (nSPS) is 8.96. The summed E-state index contributed by atoms with van der Waals surface area (Å²) in [6.07, 6.45) is 5.82. The van der Waals surface area contributed by atoms with Gasteiger partial charge in [0, 0.05) is 19.4 Å². The van der Waals surface area contributed by atoms with Gasteiger partial charge in [0.2, 0.25) is 0 Å². The molecule has 0 radical (unpaired) electrons. The number of aliphatic hydroxyl groups is 1. The number of aliphatic hydroxyl groups excluding tert-OH is 1. The Labute approximate surface area is 141 Å². The van der Waals surface area contributed by atoms with Crippen LogP contribution < -0.4 is 5.73 Å². The monoisotopic (exact) mass is 335 g/mol. The van der Waals surface area contributed by atoms with E-state index in [0.29, 0.717) is 32.6 Å². The summed E-state index contributed by atoms with van der Waals surface area (Å²) in [7, 11) is 0. The van der Waals surface area contributed by atoms with Crippen LogP contribution in [0.5, 0.6) is 0 Å². The van der Waals surface area contributed by atoms with Gasteiger partial charge in [0.25, 0.3) is 0 Å². The van der Waals surface area contributed by atoms with Gasteiger partial charge in [-0.05, 0) is 25.8 Å². The van der Waals surface area contributed by atoms with Crippen LogP contribution in [0.2, 0.25) is 0 Å². The second-order valence-corrected chi connectivity index (χ2v) is 4.72. The fourth-order valence-corrected chi connectivity index (χ4v) is 0.956. The zero-order valence-electron chi connectivity index (χ0n) is 15.4. The third-order valence-corrected chi connectivity index (χ3v) is 2.46. The first-order valence-electron chi connectivity index (χ1n) is 8.65. The number of nitrogens with two attached hydrogens (primary N) is 1. The number of unbranched alkanes of at least 4 members (excludes halogenated alkanes) is 2. The molecule has 0 aromatic carbocycles. The van der Waals surface area contributed by atoms with Crippen molar-refractivity contribution in [3.8, 4) is 0 Å². The van der Waals surface area contributed by atoms with E-state index in [-0.39, 0.29) is 18.5 Å². The maximum atomic E-state index is 10.5. The fraction of sp³-hybridized carbons (Fsp3) is 0.882. The van der Waals surface area contributed by atoms with E-state index in [0.717, 1.165) is 32.1 Å². The Bertz CT molecular complexity index is 223. The Morgan fingerprint density at radius 3 is 1.39 bits per heavy atom. The molecule has 0 aromatic rings. The molecule has 6 heteroatoms. The third kappa shape index (κ3) is 33.6. The van der Waals surface area contributed by atoms with Crippen molar-refractivity contribution in [2.45, 2.75) is 72.6 Å². The quantitative estimate of drug-likeness (QED) is 0.470. The van der Waals surface area contributed by atoms with Crippen LogP contribution in [0.15, 0.2) is 0 Å². The highest BCUT2D eigenvalue weighted by molar-refractivity contribution is 5.69. The molecule has 140 valence electrons. The number of rotatable bonds is 10. The maximum Gasteiger partial charge on any atom is 0.305 e. The summed E-state index contributed by atoms with van der Waals surface area (Å²) in [5.41, 5.74) is 4.98. The first-order chi connectivity index (χ1) is 11.0.